The van der Waals surface area contributed by atoms with Gasteiger partial charge in [-0.3, -0.25) is 0 Å². The molecule has 0 unspecified atom stereocenters. The molecule has 0 saturated carbocycles. The molecule has 0 spiro atoms. The topological polar surface area (TPSA) is 16.1 Å². The second kappa shape index (κ2) is 4.42. The van der Waals surface area contributed by atoms with Gasteiger partial charge in [-0.2, -0.15) is 0 Å². The molecule has 1 fully saturated rings. The lowest BCUT2D eigenvalue weighted by molar-refractivity contribution is 0.418. The van der Waals surface area contributed by atoms with Crippen LogP contribution in [0.15, 0.2) is 12.3 Å². The molecule has 0 bridgehead atoms. The summed E-state index contributed by atoms with van der Waals surface area (Å²) in [7, 11) is 0. The average Bonchev–Trinajstić information content (AvgIpc) is 2.59. The second-order valence-electron chi connectivity index (χ2n) is 5.10. The van der Waals surface area contributed by atoms with Crippen molar-refractivity contribution in [2.24, 2.45) is 5.41 Å². The van der Waals surface area contributed by atoms with Crippen molar-refractivity contribution in [3.8, 4) is 0 Å². The molecule has 2 nitrogen and oxygen atoms in total. The van der Waals surface area contributed by atoms with Gasteiger partial charge in [0.1, 0.15) is 5.82 Å². The van der Waals surface area contributed by atoms with E-state index in [-0.39, 0.29) is 0 Å². The Hall–Kier alpha value is -0.470. The molecule has 0 amide bonds. The van der Waals surface area contributed by atoms with Crippen LogP contribution in [0.2, 0.25) is 5.02 Å². The van der Waals surface area contributed by atoms with Crippen molar-refractivity contribution in [3.05, 3.63) is 22.8 Å². The van der Waals surface area contributed by atoms with Crippen LogP contribution in [0, 0.1) is 5.41 Å². The normalized spacial score (nSPS) is 19.1. The van der Waals surface area contributed by atoms with Crippen LogP contribution in [0.25, 0.3) is 0 Å². The molecule has 1 saturated heterocycles. The van der Waals surface area contributed by atoms with Gasteiger partial charge in [-0.25, -0.2) is 4.98 Å². The smallest absolute Gasteiger partial charge is 0.128 e. The Bertz CT molecular complexity index is 391. The first-order chi connectivity index (χ1) is 7.52. The van der Waals surface area contributed by atoms with Crippen LogP contribution in [0.5, 0.6) is 0 Å². The third-order valence-electron chi connectivity index (χ3n) is 3.07. The molecule has 0 N–H and O–H groups in total. The first kappa shape index (κ1) is 12.0. The summed E-state index contributed by atoms with van der Waals surface area (Å²) in [5, 5.41) is 0.650. The van der Waals surface area contributed by atoms with Crippen LogP contribution < -0.4 is 4.90 Å². The highest BCUT2D eigenvalue weighted by Crippen LogP contribution is 2.32. The molecule has 4 heteroatoms. The van der Waals surface area contributed by atoms with Crippen molar-refractivity contribution in [1.29, 1.82) is 0 Å². The number of hydrogen-bond acceptors (Lipinski definition) is 2. The molecule has 1 aliphatic rings. The quantitative estimate of drug-likeness (QED) is 0.752. The largest absolute Gasteiger partial charge is 0.356 e. The number of alkyl halides is 1. The first-order valence-electron chi connectivity index (χ1n) is 5.47. The van der Waals surface area contributed by atoms with Crippen molar-refractivity contribution in [1.82, 2.24) is 4.98 Å². The fourth-order valence-corrected chi connectivity index (χ4v) is 2.51. The Kier molecular flexibility index (Phi) is 3.32. The van der Waals surface area contributed by atoms with E-state index in [2.05, 4.69) is 23.7 Å². The highest BCUT2D eigenvalue weighted by molar-refractivity contribution is 6.32. The van der Waals surface area contributed by atoms with E-state index >= 15 is 0 Å². The minimum atomic E-state index is 0.377. The third kappa shape index (κ3) is 2.44. The number of halogens is 2. The number of nitrogens with zero attached hydrogens (tertiary/aromatic N) is 2. The summed E-state index contributed by atoms with van der Waals surface area (Å²) in [5.41, 5.74) is 1.33. The summed E-state index contributed by atoms with van der Waals surface area (Å²) in [4.78, 5) is 6.67. The lowest BCUT2D eigenvalue weighted by atomic mass is 9.93. The van der Waals surface area contributed by atoms with Crippen LogP contribution in [-0.2, 0) is 5.88 Å². The van der Waals surface area contributed by atoms with Gasteiger partial charge in [0.25, 0.3) is 0 Å². The van der Waals surface area contributed by atoms with Gasteiger partial charge in [0.05, 0.1) is 5.02 Å². The zero-order chi connectivity index (χ0) is 11.8. The van der Waals surface area contributed by atoms with E-state index in [1.54, 1.807) is 6.20 Å². The molecule has 1 aliphatic heterocycles. The number of aromatic nitrogens is 1. The molecule has 2 heterocycles. The maximum absolute atomic E-state index is 5.99. The molecule has 88 valence electrons. The molecule has 0 aromatic carbocycles. The fourth-order valence-electron chi connectivity index (χ4n) is 2.05. The third-order valence-corrected chi connectivity index (χ3v) is 3.69. The predicted molar refractivity (Wildman–Crippen MR) is 69.4 cm³/mol. The Morgan fingerprint density at radius 3 is 2.81 bits per heavy atom. The number of rotatable bonds is 2. The first-order valence-corrected chi connectivity index (χ1v) is 6.38. The van der Waals surface area contributed by atoms with Gasteiger partial charge in [-0.15, -0.1) is 11.6 Å². The van der Waals surface area contributed by atoms with Crippen LogP contribution in [-0.4, -0.2) is 18.1 Å². The monoisotopic (exact) mass is 258 g/mol. The van der Waals surface area contributed by atoms with Crippen molar-refractivity contribution in [2.45, 2.75) is 26.1 Å². The highest BCUT2D eigenvalue weighted by atomic mass is 35.5. The van der Waals surface area contributed by atoms with Gasteiger partial charge < -0.3 is 4.90 Å². The van der Waals surface area contributed by atoms with Crippen molar-refractivity contribution < 1.29 is 0 Å². The fraction of sp³-hybridized carbons (Fsp3) is 0.583. The minimum absolute atomic E-state index is 0.377. The van der Waals surface area contributed by atoms with Crippen LogP contribution in [0.1, 0.15) is 25.8 Å². The molecule has 2 rings (SSSR count). The summed E-state index contributed by atoms with van der Waals surface area (Å²) in [6.45, 7) is 6.67. The van der Waals surface area contributed by atoms with E-state index in [0.717, 1.165) is 24.5 Å². The highest BCUT2D eigenvalue weighted by Gasteiger charge is 2.29. The van der Waals surface area contributed by atoms with Crippen molar-refractivity contribution >= 4 is 29.0 Å². The molecular formula is C12H16Cl2N2. The van der Waals surface area contributed by atoms with Gasteiger partial charge in [-0.05, 0) is 23.5 Å². The lowest BCUT2D eigenvalue weighted by Crippen LogP contribution is -2.23. The summed E-state index contributed by atoms with van der Waals surface area (Å²) in [6.07, 6.45) is 2.90. The average molecular weight is 259 g/mol. The summed E-state index contributed by atoms with van der Waals surface area (Å²) in [6, 6.07) is 2.00. The van der Waals surface area contributed by atoms with Crippen LogP contribution >= 0.6 is 23.2 Å². The number of pyridine rings is 1. The van der Waals surface area contributed by atoms with Crippen LogP contribution in [0.3, 0.4) is 0 Å². The predicted octanol–water partition coefficient (Wildman–Crippen LogP) is 3.71. The van der Waals surface area contributed by atoms with Gasteiger partial charge in [0, 0.05) is 25.2 Å². The van der Waals surface area contributed by atoms with E-state index in [9.17, 15) is 0 Å². The minimum Gasteiger partial charge on any atom is -0.356 e. The number of hydrogen-bond donors (Lipinski definition) is 0. The van der Waals surface area contributed by atoms with Crippen molar-refractivity contribution in [2.75, 3.05) is 18.0 Å². The van der Waals surface area contributed by atoms with E-state index in [1.165, 1.54) is 6.42 Å². The molecule has 16 heavy (non-hydrogen) atoms. The summed E-state index contributed by atoms with van der Waals surface area (Å²) < 4.78 is 0. The molecular weight excluding hydrogens is 243 g/mol. The Balaban J connectivity index is 2.22. The van der Waals surface area contributed by atoms with Gasteiger partial charge >= 0.3 is 0 Å². The van der Waals surface area contributed by atoms with Crippen LogP contribution in [0.4, 0.5) is 5.82 Å². The Morgan fingerprint density at radius 2 is 2.25 bits per heavy atom. The Morgan fingerprint density at radius 1 is 1.50 bits per heavy atom. The zero-order valence-electron chi connectivity index (χ0n) is 9.63. The lowest BCUT2D eigenvalue weighted by Gasteiger charge is -2.21. The molecule has 0 aliphatic carbocycles. The summed E-state index contributed by atoms with van der Waals surface area (Å²) in [5.74, 6) is 1.43. The zero-order valence-corrected chi connectivity index (χ0v) is 11.1. The molecule has 0 radical (unpaired) electrons. The Labute approximate surface area is 107 Å². The van der Waals surface area contributed by atoms with E-state index in [1.807, 2.05) is 6.07 Å². The second-order valence-corrected chi connectivity index (χ2v) is 5.78. The van der Waals surface area contributed by atoms with Crippen molar-refractivity contribution in [3.63, 3.8) is 0 Å². The van der Waals surface area contributed by atoms with Gasteiger partial charge in [0.15, 0.2) is 0 Å². The standard InChI is InChI=1S/C12H16Cl2N2/c1-12(2)3-4-16(8-12)11-5-9(6-13)10(14)7-15-11/h5,7H,3-4,6,8H2,1-2H3. The van der Waals surface area contributed by atoms with Gasteiger partial charge in [0.2, 0.25) is 0 Å². The van der Waals surface area contributed by atoms with E-state index in [4.69, 9.17) is 23.2 Å². The van der Waals surface area contributed by atoms with E-state index in [0.29, 0.717) is 16.3 Å². The number of anilines is 1. The SMILES string of the molecule is CC1(C)CCN(c2cc(CCl)c(Cl)cn2)C1. The summed E-state index contributed by atoms with van der Waals surface area (Å²) >= 11 is 11.8. The maximum atomic E-state index is 5.99. The van der Waals surface area contributed by atoms with Gasteiger partial charge in [-0.1, -0.05) is 25.4 Å². The van der Waals surface area contributed by atoms with E-state index < -0.39 is 0 Å². The molecule has 1 aromatic rings. The maximum Gasteiger partial charge on any atom is 0.128 e. The molecule has 0 atom stereocenters. The molecule has 1 aromatic heterocycles.